The van der Waals surface area contributed by atoms with E-state index in [1.54, 1.807) is 0 Å². The molecule has 0 spiro atoms. The van der Waals surface area contributed by atoms with Gasteiger partial charge in [0.05, 0.1) is 6.61 Å². The van der Waals surface area contributed by atoms with Crippen molar-refractivity contribution in [2.75, 3.05) is 26.4 Å². The lowest BCUT2D eigenvalue weighted by Gasteiger charge is -2.22. The summed E-state index contributed by atoms with van der Waals surface area (Å²) in [4.78, 5) is 22.3. The Bertz CT molecular complexity index is 315. The quantitative estimate of drug-likeness (QED) is 0.486. The molecule has 1 amide bonds. The predicted octanol–water partition coefficient (Wildman–Crippen LogP) is 5.00. The van der Waals surface area contributed by atoms with Crippen molar-refractivity contribution in [2.24, 2.45) is 11.3 Å². The lowest BCUT2D eigenvalue weighted by atomic mass is 9.89. The summed E-state index contributed by atoms with van der Waals surface area (Å²) in [7, 11) is 0. The van der Waals surface area contributed by atoms with Crippen LogP contribution in [-0.2, 0) is 14.3 Å². The Morgan fingerprint density at radius 2 is 1.59 bits per heavy atom. The molecule has 2 N–H and O–H groups in total. The third-order valence-corrected chi connectivity index (χ3v) is 3.48. The Labute approximate surface area is 169 Å². The van der Waals surface area contributed by atoms with Crippen LogP contribution in [0.2, 0.25) is 0 Å². The lowest BCUT2D eigenvalue weighted by Crippen LogP contribution is -2.39. The van der Waals surface area contributed by atoms with Crippen molar-refractivity contribution in [1.82, 2.24) is 5.32 Å². The molecule has 0 aliphatic heterocycles. The first kappa shape index (κ1) is 33.6. The number of ketones is 1. The van der Waals surface area contributed by atoms with E-state index in [4.69, 9.17) is 9.84 Å². The number of hydrogen-bond donors (Lipinski definition) is 2. The second-order valence-corrected chi connectivity index (χ2v) is 6.64. The van der Waals surface area contributed by atoms with E-state index in [9.17, 15) is 9.59 Å². The number of Topliss-reactive ketones (excluding diaryl/α,β-unsaturated/α-hetero) is 1. The molecule has 0 bridgehead atoms. The zero-order chi connectivity index (χ0) is 22.3. The maximum absolute atomic E-state index is 11.5. The van der Waals surface area contributed by atoms with E-state index in [-0.39, 0.29) is 12.5 Å². The fourth-order valence-electron chi connectivity index (χ4n) is 1.64. The summed E-state index contributed by atoms with van der Waals surface area (Å²) in [6.07, 6.45) is 3.00. The number of rotatable bonds is 11. The monoisotopic (exact) mass is 391 g/mol. The third-order valence-electron chi connectivity index (χ3n) is 3.48. The van der Waals surface area contributed by atoms with Crippen molar-refractivity contribution in [1.29, 1.82) is 0 Å². The van der Waals surface area contributed by atoms with Gasteiger partial charge in [0.2, 0.25) is 5.91 Å². The van der Waals surface area contributed by atoms with Crippen molar-refractivity contribution in [3.63, 3.8) is 0 Å². The molecule has 0 aromatic rings. The Balaban J connectivity index is -0.000000175. The minimum Gasteiger partial charge on any atom is -0.396 e. The van der Waals surface area contributed by atoms with Crippen LogP contribution < -0.4 is 5.32 Å². The SMILES string of the molecule is CC.CC.CCC(=O)CCC(C)C.CCOCCNC(=O)C(C)(C)CCO. The van der Waals surface area contributed by atoms with Crippen molar-refractivity contribution < 1.29 is 19.4 Å². The fraction of sp³-hybridized carbons (Fsp3) is 0.909. The predicted molar refractivity (Wildman–Crippen MR) is 117 cm³/mol. The maximum Gasteiger partial charge on any atom is 0.225 e. The van der Waals surface area contributed by atoms with Gasteiger partial charge in [0.15, 0.2) is 0 Å². The van der Waals surface area contributed by atoms with Gasteiger partial charge >= 0.3 is 0 Å². The van der Waals surface area contributed by atoms with Gasteiger partial charge in [0, 0.05) is 38.0 Å². The van der Waals surface area contributed by atoms with Gasteiger partial charge in [-0.15, -0.1) is 0 Å². The van der Waals surface area contributed by atoms with E-state index in [2.05, 4.69) is 19.2 Å². The summed E-state index contributed by atoms with van der Waals surface area (Å²) in [5.74, 6) is 1.02. The molecule has 0 atom stereocenters. The molecule has 166 valence electrons. The van der Waals surface area contributed by atoms with Crippen LogP contribution in [0.3, 0.4) is 0 Å². The highest BCUT2D eigenvalue weighted by Crippen LogP contribution is 2.19. The Morgan fingerprint density at radius 3 is 1.96 bits per heavy atom. The second-order valence-electron chi connectivity index (χ2n) is 6.64. The lowest BCUT2D eigenvalue weighted by molar-refractivity contribution is -0.130. The van der Waals surface area contributed by atoms with Crippen LogP contribution in [0.1, 0.15) is 94.9 Å². The summed E-state index contributed by atoms with van der Waals surface area (Å²) in [5, 5.41) is 11.5. The Kier molecular flexibility index (Phi) is 31.2. The zero-order valence-corrected chi connectivity index (χ0v) is 19.9. The molecule has 0 radical (unpaired) electrons. The molecule has 0 fully saturated rings. The number of carbonyl (C=O) groups excluding carboxylic acids is 2. The molecule has 0 saturated heterocycles. The molecule has 0 saturated carbocycles. The van der Waals surface area contributed by atoms with Crippen LogP contribution >= 0.6 is 0 Å². The molecule has 5 nitrogen and oxygen atoms in total. The number of ether oxygens (including phenoxy) is 1. The van der Waals surface area contributed by atoms with E-state index >= 15 is 0 Å². The fourth-order valence-corrected chi connectivity index (χ4v) is 1.64. The zero-order valence-electron chi connectivity index (χ0n) is 19.9. The van der Waals surface area contributed by atoms with Crippen LogP contribution in [0.25, 0.3) is 0 Å². The van der Waals surface area contributed by atoms with Crippen molar-refractivity contribution in [3.8, 4) is 0 Å². The highest BCUT2D eigenvalue weighted by atomic mass is 16.5. The van der Waals surface area contributed by atoms with Gasteiger partial charge in [0.25, 0.3) is 0 Å². The molecule has 0 unspecified atom stereocenters. The molecule has 5 heteroatoms. The first-order valence-corrected chi connectivity index (χ1v) is 10.7. The third kappa shape index (κ3) is 27.4. The van der Waals surface area contributed by atoms with Gasteiger partial charge in [-0.25, -0.2) is 0 Å². The Morgan fingerprint density at radius 1 is 1.07 bits per heavy atom. The van der Waals surface area contributed by atoms with Gasteiger partial charge in [-0.3, -0.25) is 9.59 Å². The molecule has 0 aliphatic carbocycles. The van der Waals surface area contributed by atoms with E-state index < -0.39 is 5.41 Å². The molecule has 0 rings (SSSR count). The average Bonchev–Trinajstić information content (AvgIpc) is 2.66. The topological polar surface area (TPSA) is 75.6 Å². The summed E-state index contributed by atoms with van der Waals surface area (Å²) < 4.78 is 5.09. The van der Waals surface area contributed by atoms with Crippen molar-refractivity contribution in [2.45, 2.75) is 94.9 Å². The molecule has 0 aromatic carbocycles. The molecule has 0 aliphatic rings. The van der Waals surface area contributed by atoms with Crippen LogP contribution in [0.4, 0.5) is 0 Å². The van der Waals surface area contributed by atoms with E-state index in [1.807, 2.05) is 55.4 Å². The van der Waals surface area contributed by atoms with Crippen LogP contribution in [-0.4, -0.2) is 43.2 Å². The van der Waals surface area contributed by atoms with E-state index in [1.165, 1.54) is 0 Å². The number of aliphatic hydroxyl groups is 1. The minimum absolute atomic E-state index is 0.0336. The summed E-state index contributed by atoms with van der Waals surface area (Å²) in [5.41, 5.74) is -0.499. The van der Waals surface area contributed by atoms with Gasteiger partial charge in [-0.1, -0.05) is 62.3 Å². The summed E-state index contributed by atoms with van der Waals surface area (Å²) in [6, 6.07) is 0. The smallest absolute Gasteiger partial charge is 0.225 e. The van der Waals surface area contributed by atoms with Gasteiger partial charge in [-0.05, 0) is 25.7 Å². The molecule has 27 heavy (non-hydrogen) atoms. The first-order chi connectivity index (χ1) is 12.7. The molecular weight excluding hydrogens is 342 g/mol. The summed E-state index contributed by atoms with van der Waals surface area (Å²) >= 11 is 0. The normalized spacial score (nSPS) is 9.78. The molecular formula is C22H49NO4. The van der Waals surface area contributed by atoms with E-state index in [0.29, 0.717) is 44.3 Å². The number of hydrogen-bond acceptors (Lipinski definition) is 4. The highest BCUT2D eigenvalue weighted by molar-refractivity contribution is 5.81. The highest BCUT2D eigenvalue weighted by Gasteiger charge is 2.26. The Hall–Kier alpha value is -0.940. The van der Waals surface area contributed by atoms with Crippen LogP contribution in [0.15, 0.2) is 0 Å². The largest absolute Gasteiger partial charge is 0.396 e. The number of carbonyl (C=O) groups is 2. The summed E-state index contributed by atoms with van der Waals surface area (Å²) in [6.45, 7) is 21.5. The molecule has 0 aromatic heterocycles. The minimum atomic E-state index is -0.499. The van der Waals surface area contributed by atoms with Gasteiger partial charge in [-0.2, -0.15) is 0 Å². The van der Waals surface area contributed by atoms with E-state index in [0.717, 1.165) is 12.8 Å². The van der Waals surface area contributed by atoms with Crippen LogP contribution in [0, 0.1) is 11.3 Å². The van der Waals surface area contributed by atoms with Crippen molar-refractivity contribution >= 4 is 11.7 Å². The first-order valence-electron chi connectivity index (χ1n) is 10.7. The van der Waals surface area contributed by atoms with Gasteiger partial charge in [0.1, 0.15) is 5.78 Å². The number of amides is 1. The molecule has 0 heterocycles. The van der Waals surface area contributed by atoms with Crippen molar-refractivity contribution in [3.05, 3.63) is 0 Å². The second kappa shape index (κ2) is 25.1. The standard InChI is InChI=1S/C10H21NO3.C8H16O.2C2H6/c1-4-14-8-6-11-9(13)10(2,3)5-7-12;1-4-8(9)6-5-7(2)3;2*1-2/h12H,4-8H2,1-3H3,(H,11,13);7H,4-6H2,1-3H3;2*1-2H3. The number of nitrogens with one attached hydrogen (secondary N) is 1. The maximum atomic E-state index is 11.5. The van der Waals surface area contributed by atoms with Crippen LogP contribution in [0.5, 0.6) is 0 Å². The average molecular weight is 392 g/mol. The number of aliphatic hydroxyl groups excluding tert-OH is 1. The van der Waals surface area contributed by atoms with Gasteiger partial charge < -0.3 is 15.2 Å².